The molecule has 0 aromatic heterocycles. The largest absolute Gasteiger partial charge is 0.508 e. The molecular formula is C19H24O2. The third-order valence-electron chi connectivity index (χ3n) is 6.77. The summed E-state index contributed by atoms with van der Waals surface area (Å²) >= 11 is 0. The Morgan fingerprint density at radius 1 is 1.24 bits per heavy atom. The van der Waals surface area contributed by atoms with Crippen molar-refractivity contribution in [2.24, 2.45) is 17.3 Å². The van der Waals surface area contributed by atoms with Crippen LogP contribution in [-0.4, -0.2) is 10.9 Å². The first-order valence-corrected chi connectivity index (χ1v) is 8.37. The van der Waals surface area contributed by atoms with Gasteiger partial charge < -0.3 is 5.11 Å². The number of phenolic OH excluding ortho intramolecular Hbond substituents is 1. The third-order valence-corrected chi connectivity index (χ3v) is 6.77. The number of phenols is 1. The van der Waals surface area contributed by atoms with E-state index in [0.717, 1.165) is 25.7 Å². The van der Waals surface area contributed by atoms with Crippen molar-refractivity contribution in [1.82, 2.24) is 0 Å². The van der Waals surface area contributed by atoms with Crippen molar-refractivity contribution in [3.05, 3.63) is 29.3 Å². The topological polar surface area (TPSA) is 37.3 Å². The summed E-state index contributed by atoms with van der Waals surface area (Å²) in [5, 5.41) is 9.78. The van der Waals surface area contributed by atoms with Gasteiger partial charge in [0.1, 0.15) is 11.5 Å². The molecule has 2 heteroatoms. The lowest BCUT2D eigenvalue weighted by atomic mass is 9.54. The summed E-state index contributed by atoms with van der Waals surface area (Å²) in [6.45, 7) is 4.50. The van der Waals surface area contributed by atoms with Crippen molar-refractivity contribution in [3.63, 3.8) is 0 Å². The summed E-state index contributed by atoms with van der Waals surface area (Å²) in [4.78, 5) is 12.3. The zero-order valence-corrected chi connectivity index (χ0v) is 12.9. The Kier molecular flexibility index (Phi) is 2.76. The lowest BCUT2D eigenvalue weighted by molar-refractivity contribution is -0.129. The molecular weight excluding hydrogens is 260 g/mol. The number of hydrogen-bond donors (Lipinski definition) is 1. The van der Waals surface area contributed by atoms with E-state index < -0.39 is 0 Å². The van der Waals surface area contributed by atoms with Crippen LogP contribution in [0.15, 0.2) is 18.2 Å². The zero-order chi connectivity index (χ0) is 14.8. The maximum Gasteiger partial charge on any atom is 0.139 e. The molecule has 0 spiro atoms. The first-order chi connectivity index (χ1) is 10.0. The molecule has 1 unspecified atom stereocenters. The second kappa shape index (κ2) is 4.34. The van der Waals surface area contributed by atoms with Crippen LogP contribution in [0.25, 0.3) is 0 Å². The van der Waals surface area contributed by atoms with Gasteiger partial charge in [-0.2, -0.15) is 0 Å². The van der Waals surface area contributed by atoms with Gasteiger partial charge in [-0.3, -0.25) is 4.79 Å². The summed E-state index contributed by atoms with van der Waals surface area (Å²) in [6.07, 6.45) is 5.24. The Hall–Kier alpha value is -1.31. The lowest BCUT2D eigenvalue weighted by Crippen LogP contribution is -2.42. The van der Waals surface area contributed by atoms with Crippen LogP contribution in [0.3, 0.4) is 0 Å². The van der Waals surface area contributed by atoms with Crippen LogP contribution in [0.2, 0.25) is 0 Å². The van der Waals surface area contributed by atoms with E-state index in [2.05, 4.69) is 19.9 Å². The van der Waals surface area contributed by atoms with Crippen molar-refractivity contribution in [2.45, 2.75) is 57.8 Å². The number of rotatable bonds is 0. The zero-order valence-electron chi connectivity index (χ0n) is 12.9. The summed E-state index contributed by atoms with van der Waals surface area (Å²) < 4.78 is 0. The summed E-state index contributed by atoms with van der Waals surface area (Å²) in [5.74, 6) is 3.22. The lowest BCUT2D eigenvalue weighted by Gasteiger charge is -2.49. The first-order valence-electron chi connectivity index (χ1n) is 8.37. The molecule has 112 valence electrons. The van der Waals surface area contributed by atoms with Crippen molar-refractivity contribution >= 4 is 5.78 Å². The molecule has 3 aliphatic rings. The number of aromatic hydroxyl groups is 1. The fourth-order valence-electron chi connectivity index (χ4n) is 5.64. The number of hydrogen-bond acceptors (Lipinski definition) is 2. The quantitative estimate of drug-likeness (QED) is 0.767. The highest BCUT2D eigenvalue weighted by molar-refractivity contribution is 5.87. The maximum atomic E-state index is 12.3. The summed E-state index contributed by atoms with van der Waals surface area (Å²) in [6, 6.07) is 5.93. The number of carbonyl (C=O) groups is 1. The molecule has 0 radical (unpaired) electrons. The van der Waals surface area contributed by atoms with Gasteiger partial charge in [0, 0.05) is 11.8 Å². The van der Waals surface area contributed by atoms with Crippen molar-refractivity contribution in [2.75, 3.05) is 0 Å². The minimum atomic E-state index is -0.0463. The molecule has 0 aliphatic heterocycles. The number of benzene rings is 1. The van der Waals surface area contributed by atoms with E-state index in [0.29, 0.717) is 35.2 Å². The van der Waals surface area contributed by atoms with Gasteiger partial charge in [0.05, 0.1) is 0 Å². The Labute approximate surface area is 126 Å². The maximum absolute atomic E-state index is 12.3. The monoisotopic (exact) mass is 284 g/mol. The van der Waals surface area contributed by atoms with Crippen LogP contribution in [-0.2, 0) is 4.79 Å². The molecule has 21 heavy (non-hydrogen) atoms. The van der Waals surface area contributed by atoms with Crippen LogP contribution in [0, 0.1) is 17.3 Å². The fourth-order valence-corrected chi connectivity index (χ4v) is 5.64. The first kappa shape index (κ1) is 13.4. The van der Waals surface area contributed by atoms with E-state index in [4.69, 9.17) is 0 Å². The smallest absolute Gasteiger partial charge is 0.139 e. The highest BCUT2D eigenvalue weighted by atomic mass is 16.3. The number of fused-ring (bicyclic) bond motifs is 5. The SMILES string of the molecule is C[C@@H]1C[C@H]2C3CCC(=O)[C@@]3(C)CC[C@@H]2c2ccc(O)cc21. The molecule has 2 nitrogen and oxygen atoms in total. The van der Waals surface area contributed by atoms with E-state index in [1.807, 2.05) is 12.1 Å². The van der Waals surface area contributed by atoms with Gasteiger partial charge in [-0.25, -0.2) is 0 Å². The van der Waals surface area contributed by atoms with Gasteiger partial charge >= 0.3 is 0 Å². The van der Waals surface area contributed by atoms with E-state index in [-0.39, 0.29) is 5.41 Å². The van der Waals surface area contributed by atoms with Gasteiger partial charge in [-0.05, 0) is 72.6 Å². The van der Waals surface area contributed by atoms with E-state index in [9.17, 15) is 9.90 Å². The summed E-state index contributed by atoms with van der Waals surface area (Å²) in [5.41, 5.74) is 2.73. The molecule has 3 aliphatic carbocycles. The second-order valence-electron chi connectivity index (χ2n) is 7.74. The minimum Gasteiger partial charge on any atom is -0.508 e. The van der Waals surface area contributed by atoms with Gasteiger partial charge in [-0.1, -0.05) is 19.9 Å². The number of Topliss-reactive ketones (excluding diaryl/α,β-unsaturated/α-hetero) is 1. The van der Waals surface area contributed by atoms with Gasteiger partial charge in [0.15, 0.2) is 0 Å². The predicted molar refractivity (Wildman–Crippen MR) is 82.4 cm³/mol. The molecule has 4 rings (SSSR count). The van der Waals surface area contributed by atoms with Crippen molar-refractivity contribution in [1.29, 1.82) is 0 Å². The van der Waals surface area contributed by atoms with Gasteiger partial charge in [0.25, 0.3) is 0 Å². The molecule has 0 bridgehead atoms. The standard InChI is InChI=1S/C19H24O2/c1-11-9-16-14(13-4-3-12(20)10-15(11)13)7-8-19(2)17(16)5-6-18(19)21/h3-4,10-11,14,16-17,20H,5-9H2,1-2H3/t11-,14-,16-,17?,19+/m1/s1. The summed E-state index contributed by atoms with van der Waals surface area (Å²) in [7, 11) is 0. The van der Waals surface area contributed by atoms with Crippen molar-refractivity contribution in [3.8, 4) is 5.75 Å². The van der Waals surface area contributed by atoms with E-state index in [1.54, 1.807) is 0 Å². The molecule has 2 fully saturated rings. The number of carbonyl (C=O) groups excluding carboxylic acids is 1. The van der Waals surface area contributed by atoms with Gasteiger partial charge in [0.2, 0.25) is 0 Å². The second-order valence-corrected chi connectivity index (χ2v) is 7.74. The van der Waals surface area contributed by atoms with Crippen LogP contribution in [0.5, 0.6) is 5.75 Å². The van der Waals surface area contributed by atoms with Crippen molar-refractivity contribution < 1.29 is 9.90 Å². The van der Waals surface area contributed by atoms with E-state index in [1.165, 1.54) is 17.5 Å². The van der Waals surface area contributed by atoms with E-state index >= 15 is 0 Å². The Morgan fingerprint density at radius 2 is 2.05 bits per heavy atom. The Bertz CT molecular complexity index is 606. The number of ketones is 1. The highest BCUT2D eigenvalue weighted by Gasteiger charge is 2.55. The fraction of sp³-hybridized carbons (Fsp3) is 0.632. The Morgan fingerprint density at radius 3 is 2.86 bits per heavy atom. The van der Waals surface area contributed by atoms with Gasteiger partial charge in [-0.15, -0.1) is 0 Å². The third kappa shape index (κ3) is 1.74. The minimum absolute atomic E-state index is 0.0463. The van der Waals surface area contributed by atoms with Crippen LogP contribution < -0.4 is 0 Å². The molecule has 2 saturated carbocycles. The van der Waals surface area contributed by atoms with Crippen LogP contribution >= 0.6 is 0 Å². The average molecular weight is 284 g/mol. The predicted octanol–water partition coefficient (Wildman–Crippen LogP) is 4.38. The molecule has 5 atom stereocenters. The molecule has 0 saturated heterocycles. The molecule has 1 aromatic rings. The Balaban J connectivity index is 1.77. The normalized spacial score (nSPS) is 41.3. The average Bonchev–Trinajstić information content (AvgIpc) is 2.76. The highest BCUT2D eigenvalue weighted by Crippen LogP contribution is 2.61. The van der Waals surface area contributed by atoms with Crippen LogP contribution in [0.1, 0.15) is 68.9 Å². The molecule has 0 amide bonds. The molecule has 0 heterocycles. The molecule has 1 N–H and O–H groups in total. The van der Waals surface area contributed by atoms with Crippen LogP contribution in [0.4, 0.5) is 0 Å². The molecule has 1 aromatic carbocycles.